The zero-order valence-electron chi connectivity index (χ0n) is 11.4. The molecule has 0 aromatic heterocycles. The van der Waals surface area contributed by atoms with Crippen LogP contribution in [0.15, 0.2) is 28.7 Å². The number of rotatable bonds is 5. The lowest BCUT2D eigenvalue weighted by molar-refractivity contribution is -0.134. The molecule has 0 unspecified atom stereocenters. The van der Waals surface area contributed by atoms with Gasteiger partial charge in [-0.1, -0.05) is 34.5 Å². The molecule has 1 aromatic carbocycles. The maximum atomic E-state index is 12.2. The van der Waals surface area contributed by atoms with Gasteiger partial charge < -0.3 is 10.6 Å². The van der Waals surface area contributed by atoms with E-state index in [0.717, 1.165) is 22.9 Å². The highest BCUT2D eigenvalue weighted by molar-refractivity contribution is 9.10. The van der Waals surface area contributed by atoms with Crippen LogP contribution in [0.3, 0.4) is 0 Å². The van der Waals surface area contributed by atoms with E-state index in [-0.39, 0.29) is 11.3 Å². The molecule has 1 aromatic rings. The Bertz CT molecular complexity index is 434. The number of hydrogen-bond acceptors (Lipinski definition) is 2. The molecule has 0 spiro atoms. The fourth-order valence-electron chi connectivity index (χ4n) is 2.54. The van der Waals surface area contributed by atoms with Crippen LogP contribution in [-0.2, 0) is 11.3 Å². The Hall–Kier alpha value is -0.870. The summed E-state index contributed by atoms with van der Waals surface area (Å²) in [5.74, 6) is 0.202. The van der Waals surface area contributed by atoms with Crippen LogP contribution in [0.2, 0.25) is 0 Å². The third kappa shape index (κ3) is 3.57. The zero-order chi connectivity index (χ0) is 13.9. The Morgan fingerprint density at radius 3 is 2.47 bits per heavy atom. The number of halogens is 1. The quantitative estimate of drug-likeness (QED) is 0.905. The third-order valence-electron chi connectivity index (χ3n) is 4.13. The van der Waals surface area contributed by atoms with Gasteiger partial charge in [0.05, 0.1) is 0 Å². The number of carbonyl (C=O) groups excluding carboxylic acids is 1. The number of benzene rings is 1. The van der Waals surface area contributed by atoms with Crippen LogP contribution < -0.4 is 5.73 Å². The fraction of sp³-hybridized carbons (Fsp3) is 0.533. The molecule has 1 fully saturated rings. The molecule has 0 atom stereocenters. The van der Waals surface area contributed by atoms with Crippen LogP contribution in [-0.4, -0.2) is 24.4 Å². The maximum Gasteiger partial charge on any atom is 0.223 e. The van der Waals surface area contributed by atoms with Crippen molar-refractivity contribution >= 4 is 21.8 Å². The topological polar surface area (TPSA) is 46.3 Å². The molecule has 1 aliphatic carbocycles. The van der Waals surface area contributed by atoms with Gasteiger partial charge in [0.1, 0.15) is 0 Å². The molecule has 2 rings (SSSR count). The molecule has 0 saturated heterocycles. The van der Waals surface area contributed by atoms with Crippen molar-refractivity contribution in [3.8, 4) is 0 Å². The Balaban J connectivity index is 1.90. The van der Waals surface area contributed by atoms with E-state index in [1.807, 2.05) is 31.3 Å². The molecule has 104 valence electrons. The molecule has 0 aliphatic heterocycles. The minimum absolute atomic E-state index is 0.0884. The van der Waals surface area contributed by atoms with E-state index in [9.17, 15) is 4.79 Å². The Kier molecular flexibility index (Phi) is 4.63. The van der Waals surface area contributed by atoms with Crippen molar-refractivity contribution in [2.75, 3.05) is 13.6 Å². The number of amides is 1. The van der Waals surface area contributed by atoms with Gasteiger partial charge in [-0.25, -0.2) is 0 Å². The van der Waals surface area contributed by atoms with Crippen LogP contribution in [0, 0.1) is 5.41 Å². The highest BCUT2D eigenvalue weighted by Gasteiger charge is 2.38. The Labute approximate surface area is 123 Å². The predicted molar refractivity (Wildman–Crippen MR) is 80.6 cm³/mol. The summed E-state index contributed by atoms with van der Waals surface area (Å²) in [6, 6.07) is 8.08. The minimum Gasteiger partial charge on any atom is -0.341 e. The highest BCUT2D eigenvalue weighted by atomic mass is 79.9. The van der Waals surface area contributed by atoms with Crippen molar-refractivity contribution in [3.63, 3.8) is 0 Å². The predicted octanol–water partition coefficient (Wildman–Crippen LogP) is 2.93. The van der Waals surface area contributed by atoms with Crippen molar-refractivity contribution in [3.05, 3.63) is 34.3 Å². The van der Waals surface area contributed by atoms with Gasteiger partial charge in [-0.05, 0) is 42.5 Å². The van der Waals surface area contributed by atoms with E-state index in [1.165, 1.54) is 6.42 Å². The molecule has 4 heteroatoms. The van der Waals surface area contributed by atoms with E-state index >= 15 is 0 Å². The van der Waals surface area contributed by atoms with E-state index < -0.39 is 0 Å². The van der Waals surface area contributed by atoms with Crippen LogP contribution >= 0.6 is 15.9 Å². The summed E-state index contributed by atoms with van der Waals surface area (Å²) < 4.78 is 1.06. The molecule has 2 N–H and O–H groups in total. The minimum atomic E-state index is 0.0884. The van der Waals surface area contributed by atoms with Crippen molar-refractivity contribution < 1.29 is 4.79 Å². The number of nitrogens with zero attached hydrogens (tertiary/aromatic N) is 1. The maximum absolute atomic E-state index is 12.2. The zero-order valence-corrected chi connectivity index (χ0v) is 12.9. The normalized spacial score (nSPS) is 16.8. The van der Waals surface area contributed by atoms with Gasteiger partial charge in [0, 0.05) is 24.5 Å². The molecule has 19 heavy (non-hydrogen) atoms. The van der Waals surface area contributed by atoms with E-state index in [1.54, 1.807) is 4.90 Å². The smallest absolute Gasteiger partial charge is 0.223 e. The number of carbonyl (C=O) groups is 1. The first-order chi connectivity index (χ1) is 9.04. The number of nitrogens with two attached hydrogens (primary N) is 1. The molecule has 1 aliphatic rings. The van der Waals surface area contributed by atoms with E-state index in [2.05, 4.69) is 15.9 Å². The highest BCUT2D eigenvalue weighted by Crippen LogP contribution is 2.43. The second kappa shape index (κ2) is 6.06. The van der Waals surface area contributed by atoms with Gasteiger partial charge in [0.15, 0.2) is 0 Å². The third-order valence-corrected chi connectivity index (χ3v) is 4.66. The summed E-state index contributed by atoms with van der Waals surface area (Å²) in [5.41, 5.74) is 7.05. The molecule has 3 nitrogen and oxygen atoms in total. The van der Waals surface area contributed by atoms with Gasteiger partial charge in [0.25, 0.3) is 0 Å². The number of hydrogen-bond donors (Lipinski definition) is 1. The van der Waals surface area contributed by atoms with E-state index in [0.29, 0.717) is 19.5 Å². The van der Waals surface area contributed by atoms with Crippen LogP contribution in [0.5, 0.6) is 0 Å². The summed E-state index contributed by atoms with van der Waals surface area (Å²) in [5, 5.41) is 0. The standard InChI is InChI=1S/C15H21BrN2O/c1-18(10-12-3-5-13(16)6-4-12)14(19)9-15(11-17)7-2-8-15/h3-6H,2,7-11,17H2,1H3. The second-order valence-electron chi connectivity index (χ2n) is 5.61. The molecule has 1 amide bonds. The van der Waals surface area contributed by atoms with Gasteiger partial charge in [0.2, 0.25) is 5.91 Å². The van der Waals surface area contributed by atoms with Gasteiger partial charge in [-0.2, -0.15) is 0 Å². The lowest BCUT2D eigenvalue weighted by atomic mass is 9.66. The van der Waals surface area contributed by atoms with Gasteiger partial charge in [-0.15, -0.1) is 0 Å². The van der Waals surface area contributed by atoms with E-state index in [4.69, 9.17) is 5.73 Å². The summed E-state index contributed by atoms with van der Waals surface area (Å²) in [7, 11) is 1.87. The molecule has 1 saturated carbocycles. The van der Waals surface area contributed by atoms with Crippen LogP contribution in [0.4, 0.5) is 0 Å². The molecule has 0 bridgehead atoms. The van der Waals surface area contributed by atoms with Crippen molar-refractivity contribution in [2.45, 2.75) is 32.2 Å². The first-order valence-electron chi connectivity index (χ1n) is 6.73. The van der Waals surface area contributed by atoms with Crippen molar-refractivity contribution in [2.24, 2.45) is 11.1 Å². The van der Waals surface area contributed by atoms with Gasteiger partial charge >= 0.3 is 0 Å². The average molecular weight is 325 g/mol. The molecular formula is C15H21BrN2O. The first kappa shape index (κ1) is 14.5. The molecular weight excluding hydrogens is 304 g/mol. The summed E-state index contributed by atoms with van der Waals surface area (Å²) >= 11 is 3.41. The summed E-state index contributed by atoms with van der Waals surface area (Å²) in [6.45, 7) is 1.29. The fourth-order valence-corrected chi connectivity index (χ4v) is 2.80. The monoisotopic (exact) mass is 324 g/mol. The Morgan fingerprint density at radius 2 is 2.00 bits per heavy atom. The van der Waals surface area contributed by atoms with Crippen molar-refractivity contribution in [1.29, 1.82) is 0 Å². The second-order valence-corrected chi connectivity index (χ2v) is 6.53. The van der Waals surface area contributed by atoms with Crippen LogP contribution in [0.1, 0.15) is 31.2 Å². The van der Waals surface area contributed by atoms with Crippen molar-refractivity contribution in [1.82, 2.24) is 4.90 Å². The average Bonchev–Trinajstić information content (AvgIpc) is 2.36. The summed E-state index contributed by atoms with van der Waals surface area (Å²) in [6.07, 6.45) is 4.00. The lowest BCUT2D eigenvalue weighted by Gasteiger charge is -2.41. The molecule has 0 heterocycles. The first-order valence-corrected chi connectivity index (χ1v) is 7.52. The van der Waals surface area contributed by atoms with Crippen LogP contribution in [0.25, 0.3) is 0 Å². The van der Waals surface area contributed by atoms with Gasteiger partial charge in [-0.3, -0.25) is 4.79 Å². The largest absolute Gasteiger partial charge is 0.341 e. The SMILES string of the molecule is CN(Cc1ccc(Br)cc1)C(=O)CC1(CN)CCC1. The Morgan fingerprint density at radius 1 is 1.37 bits per heavy atom. The summed E-state index contributed by atoms with van der Waals surface area (Å²) in [4.78, 5) is 14.0. The lowest BCUT2D eigenvalue weighted by Crippen LogP contribution is -2.42. The molecule has 0 radical (unpaired) electrons.